The van der Waals surface area contributed by atoms with E-state index in [0.29, 0.717) is 11.9 Å². The van der Waals surface area contributed by atoms with Gasteiger partial charge in [0, 0.05) is 18.4 Å². The highest BCUT2D eigenvalue weighted by Crippen LogP contribution is 2.31. The van der Waals surface area contributed by atoms with Crippen LogP contribution in [-0.4, -0.2) is 16.0 Å². The lowest BCUT2D eigenvalue weighted by atomic mass is 9.79. The molecule has 16 heavy (non-hydrogen) atoms. The summed E-state index contributed by atoms with van der Waals surface area (Å²) in [5, 5.41) is 3.40. The second-order valence-electron chi connectivity index (χ2n) is 4.90. The Morgan fingerprint density at radius 1 is 1.19 bits per heavy atom. The van der Waals surface area contributed by atoms with E-state index < -0.39 is 0 Å². The largest absolute Gasteiger partial charge is 0.381 e. The molecule has 1 aliphatic carbocycles. The molecule has 1 heterocycles. The molecular formula is C12H20N4. The van der Waals surface area contributed by atoms with Crippen molar-refractivity contribution in [2.75, 3.05) is 11.1 Å². The SMILES string of the molecule is CC1CCC(Nc2nccnc2N)CC1C. The number of nitrogen functional groups attached to an aromatic ring is 1. The Hall–Kier alpha value is -1.32. The van der Waals surface area contributed by atoms with Crippen LogP contribution in [0.4, 0.5) is 11.6 Å². The highest BCUT2D eigenvalue weighted by atomic mass is 15.1. The predicted molar refractivity (Wildman–Crippen MR) is 66.0 cm³/mol. The zero-order valence-corrected chi connectivity index (χ0v) is 9.98. The van der Waals surface area contributed by atoms with Gasteiger partial charge in [0.2, 0.25) is 0 Å². The molecule has 0 saturated heterocycles. The second kappa shape index (κ2) is 4.68. The highest BCUT2D eigenvalue weighted by molar-refractivity contribution is 5.55. The van der Waals surface area contributed by atoms with Crippen LogP contribution in [0.25, 0.3) is 0 Å². The van der Waals surface area contributed by atoms with Crippen molar-refractivity contribution < 1.29 is 0 Å². The maximum atomic E-state index is 5.76. The first-order valence-electron chi connectivity index (χ1n) is 6.00. The van der Waals surface area contributed by atoms with Gasteiger partial charge in [-0.3, -0.25) is 0 Å². The van der Waals surface area contributed by atoms with Gasteiger partial charge in [-0.05, 0) is 31.1 Å². The number of nitrogens with one attached hydrogen (secondary N) is 1. The molecule has 4 heteroatoms. The smallest absolute Gasteiger partial charge is 0.169 e. The van der Waals surface area contributed by atoms with Crippen molar-refractivity contribution in [2.45, 2.75) is 39.2 Å². The van der Waals surface area contributed by atoms with E-state index >= 15 is 0 Å². The summed E-state index contributed by atoms with van der Waals surface area (Å²) in [6.45, 7) is 4.65. The Morgan fingerprint density at radius 2 is 1.94 bits per heavy atom. The standard InChI is InChI=1S/C12H20N4/c1-8-3-4-10(7-9(8)2)16-12-11(13)14-5-6-15-12/h5-6,8-10H,3-4,7H2,1-2H3,(H2,13,14)(H,15,16). The number of nitrogens with two attached hydrogens (primary N) is 1. The van der Waals surface area contributed by atoms with Gasteiger partial charge in [0.1, 0.15) is 0 Å². The minimum absolute atomic E-state index is 0.491. The highest BCUT2D eigenvalue weighted by Gasteiger charge is 2.24. The summed E-state index contributed by atoms with van der Waals surface area (Å²) in [6.07, 6.45) is 6.96. The summed E-state index contributed by atoms with van der Waals surface area (Å²) >= 11 is 0. The molecular weight excluding hydrogens is 200 g/mol. The number of hydrogen-bond donors (Lipinski definition) is 2. The monoisotopic (exact) mass is 220 g/mol. The van der Waals surface area contributed by atoms with E-state index in [4.69, 9.17) is 5.73 Å². The van der Waals surface area contributed by atoms with E-state index in [2.05, 4.69) is 29.1 Å². The van der Waals surface area contributed by atoms with Crippen LogP contribution in [0.3, 0.4) is 0 Å². The fraction of sp³-hybridized carbons (Fsp3) is 0.667. The molecule has 3 N–H and O–H groups in total. The molecule has 0 radical (unpaired) electrons. The van der Waals surface area contributed by atoms with Crippen LogP contribution in [0.5, 0.6) is 0 Å². The summed E-state index contributed by atoms with van der Waals surface area (Å²) in [7, 11) is 0. The zero-order valence-electron chi connectivity index (χ0n) is 9.98. The quantitative estimate of drug-likeness (QED) is 0.802. The molecule has 0 aromatic carbocycles. The molecule has 1 aliphatic rings. The normalized spacial score (nSPS) is 30.0. The first-order valence-corrected chi connectivity index (χ1v) is 6.00. The van der Waals surface area contributed by atoms with Crippen molar-refractivity contribution in [3.63, 3.8) is 0 Å². The number of nitrogens with zero attached hydrogens (tertiary/aromatic N) is 2. The van der Waals surface area contributed by atoms with Crippen molar-refractivity contribution in [3.8, 4) is 0 Å². The Kier molecular flexibility index (Phi) is 3.27. The first kappa shape index (κ1) is 11.2. The summed E-state index contributed by atoms with van der Waals surface area (Å²) in [5.41, 5.74) is 5.76. The van der Waals surface area contributed by atoms with Crippen molar-refractivity contribution in [2.24, 2.45) is 11.8 Å². The van der Waals surface area contributed by atoms with Crippen LogP contribution in [0.1, 0.15) is 33.1 Å². The van der Waals surface area contributed by atoms with E-state index in [-0.39, 0.29) is 0 Å². The second-order valence-corrected chi connectivity index (χ2v) is 4.90. The molecule has 1 saturated carbocycles. The van der Waals surface area contributed by atoms with Crippen LogP contribution in [0.15, 0.2) is 12.4 Å². The van der Waals surface area contributed by atoms with Gasteiger partial charge in [-0.15, -0.1) is 0 Å². The first-order chi connectivity index (χ1) is 7.66. The van der Waals surface area contributed by atoms with Gasteiger partial charge in [0.15, 0.2) is 11.6 Å². The summed E-state index contributed by atoms with van der Waals surface area (Å²) in [5.74, 6) is 2.82. The van der Waals surface area contributed by atoms with Crippen molar-refractivity contribution in [3.05, 3.63) is 12.4 Å². The third kappa shape index (κ3) is 2.43. The van der Waals surface area contributed by atoms with Gasteiger partial charge in [-0.25, -0.2) is 9.97 Å². The van der Waals surface area contributed by atoms with E-state index in [1.165, 1.54) is 19.3 Å². The Morgan fingerprint density at radius 3 is 2.62 bits per heavy atom. The summed E-state index contributed by atoms with van der Waals surface area (Å²) in [4.78, 5) is 8.25. The van der Waals surface area contributed by atoms with Crippen LogP contribution in [0.2, 0.25) is 0 Å². The van der Waals surface area contributed by atoms with Crippen LogP contribution in [0, 0.1) is 11.8 Å². The molecule has 2 rings (SSSR count). The van der Waals surface area contributed by atoms with Crippen LogP contribution < -0.4 is 11.1 Å². The van der Waals surface area contributed by atoms with Crippen LogP contribution >= 0.6 is 0 Å². The third-order valence-electron chi connectivity index (χ3n) is 3.67. The number of hydrogen-bond acceptors (Lipinski definition) is 4. The number of rotatable bonds is 2. The molecule has 0 bridgehead atoms. The van der Waals surface area contributed by atoms with Crippen LogP contribution in [-0.2, 0) is 0 Å². The maximum Gasteiger partial charge on any atom is 0.169 e. The zero-order chi connectivity index (χ0) is 11.5. The minimum Gasteiger partial charge on any atom is -0.381 e. The van der Waals surface area contributed by atoms with Gasteiger partial charge in [0.25, 0.3) is 0 Å². The Bertz CT molecular complexity index is 353. The van der Waals surface area contributed by atoms with E-state index in [0.717, 1.165) is 17.7 Å². The fourth-order valence-corrected chi connectivity index (χ4v) is 2.33. The molecule has 3 unspecified atom stereocenters. The molecule has 0 spiro atoms. The molecule has 0 amide bonds. The van der Waals surface area contributed by atoms with Gasteiger partial charge < -0.3 is 11.1 Å². The van der Waals surface area contributed by atoms with Gasteiger partial charge in [-0.1, -0.05) is 13.8 Å². The molecule has 1 fully saturated rings. The number of anilines is 2. The Balaban J connectivity index is 1.98. The van der Waals surface area contributed by atoms with Gasteiger partial charge >= 0.3 is 0 Å². The Labute approximate surface area is 96.7 Å². The topological polar surface area (TPSA) is 63.8 Å². The lowest BCUT2D eigenvalue weighted by Gasteiger charge is -2.32. The maximum absolute atomic E-state index is 5.76. The molecule has 0 aliphatic heterocycles. The van der Waals surface area contributed by atoms with E-state index in [9.17, 15) is 0 Å². The van der Waals surface area contributed by atoms with Gasteiger partial charge in [0.05, 0.1) is 0 Å². The minimum atomic E-state index is 0.491. The molecule has 88 valence electrons. The van der Waals surface area contributed by atoms with Crippen molar-refractivity contribution >= 4 is 11.6 Å². The molecule has 4 nitrogen and oxygen atoms in total. The molecule has 3 atom stereocenters. The fourth-order valence-electron chi connectivity index (χ4n) is 2.33. The predicted octanol–water partition coefficient (Wildman–Crippen LogP) is 2.30. The van der Waals surface area contributed by atoms with Gasteiger partial charge in [-0.2, -0.15) is 0 Å². The lowest BCUT2D eigenvalue weighted by molar-refractivity contribution is 0.260. The summed E-state index contributed by atoms with van der Waals surface area (Å²) in [6, 6.07) is 0.491. The van der Waals surface area contributed by atoms with E-state index in [1.54, 1.807) is 12.4 Å². The molecule has 1 aromatic rings. The van der Waals surface area contributed by atoms with Crippen molar-refractivity contribution in [1.82, 2.24) is 9.97 Å². The summed E-state index contributed by atoms with van der Waals surface area (Å²) < 4.78 is 0. The average molecular weight is 220 g/mol. The van der Waals surface area contributed by atoms with Crippen molar-refractivity contribution in [1.29, 1.82) is 0 Å². The number of aromatic nitrogens is 2. The third-order valence-corrected chi connectivity index (χ3v) is 3.67. The average Bonchev–Trinajstić information content (AvgIpc) is 2.27. The molecule has 1 aromatic heterocycles. The lowest BCUT2D eigenvalue weighted by Crippen LogP contribution is -2.31. The van der Waals surface area contributed by atoms with E-state index in [1.807, 2.05) is 0 Å².